The van der Waals surface area contributed by atoms with Crippen LogP contribution in [0.25, 0.3) is 0 Å². The van der Waals surface area contributed by atoms with Gasteiger partial charge in [-0.2, -0.15) is 0 Å². The molecule has 1 aromatic carbocycles. The van der Waals surface area contributed by atoms with Crippen LogP contribution in [-0.2, 0) is 4.79 Å². The zero-order valence-corrected chi connectivity index (χ0v) is 12.6. The number of hydrogen-bond acceptors (Lipinski definition) is 4. The van der Waals surface area contributed by atoms with E-state index in [1.807, 2.05) is 18.2 Å². The van der Waals surface area contributed by atoms with Gasteiger partial charge >= 0.3 is 0 Å². The second-order valence-corrected chi connectivity index (χ2v) is 5.41. The molecule has 0 saturated carbocycles. The molecule has 1 atom stereocenters. The third kappa shape index (κ3) is 3.97. The van der Waals surface area contributed by atoms with Crippen LogP contribution in [0.15, 0.2) is 48.7 Å². The van der Waals surface area contributed by atoms with Gasteiger partial charge in [-0.25, -0.2) is 9.37 Å². The molecular formula is C17H18FN3O2. The average Bonchev–Trinajstić information content (AvgIpc) is 3.03. The summed E-state index contributed by atoms with van der Waals surface area (Å²) in [6.07, 6.45) is 2.60. The molecule has 2 heterocycles. The van der Waals surface area contributed by atoms with Crippen molar-refractivity contribution >= 4 is 11.7 Å². The average molecular weight is 315 g/mol. The van der Waals surface area contributed by atoms with E-state index in [0.29, 0.717) is 6.54 Å². The van der Waals surface area contributed by atoms with Crippen LogP contribution in [0.2, 0.25) is 0 Å². The van der Waals surface area contributed by atoms with Gasteiger partial charge in [0.15, 0.2) is 18.2 Å². The molecular weight excluding hydrogens is 297 g/mol. The van der Waals surface area contributed by atoms with Gasteiger partial charge in [-0.05, 0) is 30.7 Å². The van der Waals surface area contributed by atoms with E-state index in [9.17, 15) is 9.18 Å². The Bertz CT molecular complexity index is 666. The molecule has 0 aliphatic carbocycles. The molecule has 0 radical (unpaired) electrons. The SMILES string of the molecule is O=C(COc1ccccc1F)NC1CCN(c2ccccn2)C1. The van der Waals surface area contributed by atoms with E-state index in [1.54, 1.807) is 18.3 Å². The van der Waals surface area contributed by atoms with Crippen molar-refractivity contribution in [1.29, 1.82) is 0 Å². The number of halogens is 1. The summed E-state index contributed by atoms with van der Waals surface area (Å²) in [7, 11) is 0. The minimum absolute atomic E-state index is 0.0497. The Labute approximate surface area is 134 Å². The summed E-state index contributed by atoms with van der Waals surface area (Å²) in [4.78, 5) is 18.4. The number of ether oxygens (including phenoxy) is 1. The first-order chi connectivity index (χ1) is 11.2. The topological polar surface area (TPSA) is 54.5 Å². The summed E-state index contributed by atoms with van der Waals surface area (Å²) in [6.45, 7) is 1.36. The largest absolute Gasteiger partial charge is 0.481 e. The zero-order chi connectivity index (χ0) is 16.1. The minimum atomic E-state index is -0.470. The van der Waals surface area contributed by atoms with E-state index in [2.05, 4.69) is 15.2 Å². The van der Waals surface area contributed by atoms with Crippen LogP contribution in [0.3, 0.4) is 0 Å². The minimum Gasteiger partial charge on any atom is -0.481 e. The molecule has 120 valence electrons. The first-order valence-corrected chi connectivity index (χ1v) is 7.55. The summed E-state index contributed by atoms with van der Waals surface area (Å²) in [6, 6.07) is 11.9. The first-order valence-electron chi connectivity index (χ1n) is 7.55. The smallest absolute Gasteiger partial charge is 0.258 e. The Morgan fingerprint density at radius 3 is 2.91 bits per heavy atom. The second kappa shape index (κ2) is 7.09. The highest BCUT2D eigenvalue weighted by Gasteiger charge is 2.24. The monoisotopic (exact) mass is 315 g/mol. The number of nitrogens with zero attached hydrogens (tertiary/aromatic N) is 2. The maximum Gasteiger partial charge on any atom is 0.258 e. The fourth-order valence-electron chi connectivity index (χ4n) is 2.60. The second-order valence-electron chi connectivity index (χ2n) is 5.41. The van der Waals surface area contributed by atoms with Crippen molar-refractivity contribution in [3.05, 3.63) is 54.5 Å². The zero-order valence-electron chi connectivity index (χ0n) is 12.6. The van der Waals surface area contributed by atoms with Crippen molar-refractivity contribution < 1.29 is 13.9 Å². The van der Waals surface area contributed by atoms with E-state index >= 15 is 0 Å². The van der Waals surface area contributed by atoms with Gasteiger partial charge in [0.25, 0.3) is 5.91 Å². The van der Waals surface area contributed by atoms with Crippen molar-refractivity contribution in [3.63, 3.8) is 0 Å². The van der Waals surface area contributed by atoms with Crippen LogP contribution in [0.4, 0.5) is 10.2 Å². The van der Waals surface area contributed by atoms with Gasteiger partial charge < -0.3 is 15.0 Å². The van der Waals surface area contributed by atoms with E-state index in [0.717, 1.165) is 18.8 Å². The number of hydrogen-bond donors (Lipinski definition) is 1. The van der Waals surface area contributed by atoms with Gasteiger partial charge in [0.2, 0.25) is 0 Å². The molecule has 0 bridgehead atoms. The molecule has 1 aromatic heterocycles. The summed E-state index contributed by atoms with van der Waals surface area (Å²) in [5.74, 6) is 0.277. The van der Waals surface area contributed by atoms with Crippen LogP contribution in [0, 0.1) is 5.82 Å². The molecule has 5 nitrogen and oxygen atoms in total. The normalized spacial score (nSPS) is 17.1. The molecule has 2 aromatic rings. The van der Waals surface area contributed by atoms with Crippen molar-refractivity contribution in [2.45, 2.75) is 12.5 Å². The molecule has 3 rings (SSSR count). The quantitative estimate of drug-likeness (QED) is 0.917. The highest BCUT2D eigenvalue weighted by molar-refractivity contribution is 5.78. The van der Waals surface area contributed by atoms with Crippen molar-refractivity contribution in [1.82, 2.24) is 10.3 Å². The summed E-state index contributed by atoms with van der Waals surface area (Å²) >= 11 is 0. The van der Waals surface area contributed by atoms with Crippen molar-refractivity contribution in [2.75, 3.05) is 24.6 Å². The molecule has 1 aliphatic heterocycles. The van der Waals surface area contributed by atoms with Crippen LogP contribution in [0.5, 0.6) is 5.75 Å². The summed E-state index contributed by atoms with van der Waals surface area (Å²) in [5.41, 5.74) is 0. The highest BCUT2D eigenvalue weighted by atomic mass is 19.1. The molecule has 1 amide bonds. The number of carbonyl (C=O) groups excluding carboxylic acids is 1. The van der Waals surface area contributed by atoms with Gasteiger partial charge in [-0.1, -0.05) is 18.2 Å². The van der Waals surface area contributed by atoms with Gasteiger partial charge in [0.1, 0.15) is 5.82 Å². The van der Waals surface area contributed by atoms with Crippen LogP contribution in [0.1, 0.15) is 6.42 Å². The molecule has 0 spiro atoms. The lowest BCUT2D eigenvalue weighted by Gasteiger charge is -2.17. The van der Waals surface area contributed by atoms with Gasteiger partial charge in [0, 0.05) is 25.3 Å². The lowest BCUT2D eigenvalue weighted by atomic mass is 10.2. The van der Waals surface area contributed by atoms with Crippen LogP contribution < -0.4 is 15.0 Å². The fourth-order valence-corrected chi connectivity index (χ4v) is 2.60. The Morgan fingerprint density at radius 2 is 2.13 bits per heavy atom. The lowest BCUT2D eigenvalue weighted by Crippen LogP contribution is -2.39. The molecule has 1 unspecified atom stereocenters. The number of anilines is 1. The predicted molar refractivity (Wildman–Crippen MR) is 84.9 cm³/mol. The van der Waals surface area contributed by atoms with E-state index in [4.69, 9.17) is 4.74 Å². The van der Waals surface area contributed by atoms with Gasteiger partial charge in [0.05, 0.1) is 0 Å². The van der Waals surface area contributed by atoms with Gasteiger partial charge in [-0.3, -0.25) is 4.79 Å². The molecule has 1 N–H and O–H groups in total. The molecule has 6 heteroatoms. The van der Waals surface area contributed by atoms with Gasteiger partial charge in [-0.15, -0.1) is 0 Å². The number of amides is 1. The highest BCUT2D eigenvalue weighted by Crippen LogP contribution is 2.18. The predicted octanol–water partition coefficient (Wildman–Crippen LogP) is 1.99. The van der Waals surface area contributed by atoms with E-state index in [-0.39, 0.29) is 24.3 Å². The molecule has 1 aliphatic rings. The maximum atomic E-state index is 13.4. The number of nitrogens with one attached hydrogen (secondary N) is 1. The van der Waals surface area contributed by atoms with E-state index in [1.165, 1.54) is 12.1 Å². The Morgan fingerprint density at radius 1 is 1.30 bits per heavy atom. The third-order valence-electron chi connectivity index (χ3n) is 3.72. The number of aromatic nitrogens is 1. The number of rotatable bonds is 5. The number of carbonyl (C=O) groups is 1. The van der Waals surface area contributed by atoms with Crippen molar-refractivity contribution in [2.24, 2.45) is 0 Å². The van der Waals surface area contributed by atoms with E-state index < -0.39 is 5.82 Å². The number of pyridine rings is 1. The van der Waals surface area contributed by atoms with Crippen molar-refractivity contribution in [3.8, 4) is 5.75 Å². The maximum absolute atomic E-state index is 13.4. The molecule has 1 fully saturated rings. The Balaban J connectivity index is 1.47. The Kier molecular flexibility index (Phi) is 4.71. The molecule has 1 saturated heterocycles. The number of para-hydroxylation sites is 1. The lowest BCUT2D eigenvalue weighted by molar-refractivity contribution is -0.123. The fraction of sp³-hybridized carbons (Fsp3) is 0.294. The molecule has 23 heavy (non-hydrogen) atoms. The third-order valence-corrected chi connectivity index (χ3v) is 3.72. The Hall–Kier alpha value is -2.63. The standard InChI is InChI=1S/C17H18FN3O2/c18-14-5-1-2-6-15(14)23-12-17(22)20-13-8-10-21(11-13)16-7-3-4-9-19-16/h1-7,9,13H,8,10-12H2,(H,20,22). The summed E-state index contributed by atoms with van der Waals surface area (Å²) < 4.78 is 18.6. The van der Waals surface area contributed by atoms with Crippen LogP contribution in [-0.4, -0.2) is 36.6 Å². The summed E-state index contributed by atoms with van der Waals surface area (Å²) in [5, 5.41) is 2.91. The first kappa shape index (κ1) is 15.3. The van der Waals surface area contributed by atoms with Crippen LogP contribution >= 0.6 is 0 Å². The number of benzene rings is 1.